The molecule has 2 aromatic rings. The lowest BCUT2D eigenvalue weighted by Crippen LogP contribution is -2.32. The van der Waals surface area contributed by atoms with Crippen LogP contribution in [0, 0.1) is 0 Å². The maximum atomic E-state index is 12.2. The number of thiazole rings is 1. The minimum absolute atomic E-state index is 0.0549. The molecule has 0 spiro atoms. The number of hydrogen-bond acceptors (Lipinski definition) is 6. The molecule has 8 nitrogen and oxygen atoms in total. The average molecular weight is 404 g/mol. The van der Waals surface area contributed by atoms with E-state index >= 15 is 0 Å². The number of fused-ring (bicyclic) bond motifs is 1. The number of nitrogens with zero attached hydrogens (tertiary/aromatic N) is 1. The lowest BCUT2D eigenvalue weighted by atomic mass is 10.2. The highest BCUT2D eigenvalue weighted by Gasteiger charge is 2.31. The summed E-state index contributed by atoms with van der Waals surface area (Å²) in [5, 5.41) is 4.99. The molecule has 2 rings (SSSR count). The quantitative estimate of drug-likeness (QED) is 0.620. The molecule has 27 heavy (non-hydrogen) atoms. The number of carbonyl (C=O) groups excluding carboxylic acids is 3. The number of anilines is 1. The predicted molar refractivity (Wildman–Crippen MR) is 91.0 cm³/mol. The monoisotopic (exact) mass is 404 g/mol. The number of hydrogen-bond donors (Lipinski definition) is 3. The molecule has 0 unspecified atom stereocenters. The predicted octanol–water partition coefficient (Wildman–Crippen LogP) is 1.91. The van der Waals surface area contributed by atoms with Crippen LogP contribution in [0.15, 0.2) is 18.2 Å². The molecule has 4 N–H and O–H groups in total. The van der Waals surface area contributed by atoms with Crippen LogP contribution in [0.2, 0.25) is 0 Å². The number of alkyl halides is 3. The van der Waals surface area contributed by atoms with Crippen molar-refractivity contribution < 1.29 is 32.3 Å². The van der Waals surface area contributed by atoms with Gasteiger partial charge < -0.3 is 21.1 Å². The van der Waals surface area contributed by atoms with Gasteiger partial charge in [0.25, 0.3) is 0 Å². The molecule has 1 aromatic heterocycles. The van der Waals surface area contributed by atoms with E-state index in [0.717, 1.165) is 23.5 Å². The van der Waals surface area contributed by atoms with Crippen molar-refractivity contribution in [3.05, 3.63) is 18.2 Å². The minimum Gasteiger partial charge on any atom is -0.406 e. The van der Waals surface area contributed by atoms with E-state index < -0.39 is 24.1 Å². The second-order valence-corrected chi connectivity index (χ2v) is 6.37. The Hall–Kier alpha value is -2.89. The summed E-state index contributed by atoms with van der Waals surface area (Å²) in [6.45, 7) is -0.312. The van der Waals surface area contributed by atoms with Crippen LogP contribution in [0.1, 0.15) is 19.3 Å². The first-order valence-electron chi connectivity index (χ1n) is 7.63. The third-order valence-corrected chi connectivity index (χ3v) is 4.05. The molecule has 0 radical (unpaired) electrons. The van der Waals surface area contributed by atoms with E-state index in [1.165, 1.54) is 6.07 Å². The highest BCUT2D eigenvalue weighted by molar-refractivity contribution is 7.22. The molecular formula is C15H15F3N4O4S. The molecular weight excluding hydrogens is 389 g/mol. The van der Waals surface area contributed by atoms with Gasteiger partial charge in [0.2, 0.25) is 17.7 Å². The zero-order chi connectivity index (χ0) is 20.0. The van der Waals surface area contributed by atoms with Crippen molar-refractivity contribution in [2.75, 3.05) is 11.9 Å². The van der Waals surface area contributed by atoms with Crippen molar-refractivity contribution in [2.24, 2.45) is 5.73 Å². The van der Waals surface area contributed by atoms with E-state index in [9.17, 15) is 27.6 Å². The van der Waals surface area contributed by atoms with E-state index in [1.54, 1.807) is 0 Å². The summed E-state index contributed by atoms with van der Waals surface area (Å²) in [6.07, 6.45) is -4.39. The SMILES string of the molecule is NC(=O)CCCC(=O)NCC(=O)Nc1nc2ccc(OC(F)(F)F)cc2s1. The van der Waals surface area contributed by atoms with Crippen LogP contribution < -0.4 is 21.1 Å². The fourth-order valence-corrected chi connectivity index (χ4v) is 2.92. The number of amides is 3. The number of nitrogens with two attached hydrogens (primary N) is 1. The van der Waals surface area contributed by atoms with Crippen LogP contribution in [-0.2, 0) is 14.4 Å². The van der Waals surface area contributed by atoms with Gasteiger partial charge in [0, 0.05) is 18.9 Å². The number of carbonyl (C=O) groups is 3. The lowest BCUT2D eigenvalue weighted by molar-refractivity contribution is -0.274. The number of nitrogens with one attached hydrogen (secondary N) is 2. The summed E-state index contributed by atoms with van der Waals surface area (Å²) < 4.78 is 40.9. The maximum Gasteiger partial charge on any atom is 0.573 e. The number of benzene rings is 1. The Morgan fingerprint density at radius 2 is 1.93 bits per heavy atom. The Balaban J connectivity index is 1.87. The molecule has 0 aliphatic rings. The smallest absolute Gasteiger partial charge is 0.406 e. The summed E-state index contributed by atoms with van der Waals surface area (Å²) in [4.78, 5) is 38.0. The summed E-state index contributed by atoms with van der Waals surface area (Å²) in [7, 11) is 0. The van der Waals surface area contributed by atoms with Crippen LogP contribution in [0.4, 0.5) is 18.3 Å². The zero-order valence-electron chi connectivity index (χ0n) is 13.8. The summed E-state index contributed by atoms with van der Waals surface area (Å²) in [5.74, 6) is -1.87. The van der Waals surface area contributed by atoms with Crippen molar-refractivity contribution in [3.63, 3.8) is 0 Å². The molecule has 3 amide bonds. The van der Waals surface area contributed by atoms with E-state index in [4.69, 9.17) is 5.73 Å². The van der Waals surface area contributed by atoms with Gasteiger partial charge in [-0.1, -0.05) is 11.3 Å². The molecule has 0 saturated heterocycles. The van der Waals surface area contributed by atoms with Crippen LogP contribution in [-0.4, -0.2) is 35.6 Å². The molecule has 0 aliphatic heterocycles. The third-order valence-electron chi connectivity index (χ3n) is 3.11. The van der Waals surface area contributed by atoms with Gasteiger partial charge in [-0.25, -0.2) is 4.98 Å². The third kappa shape index (κ3) is 7.09. The molecule has 1 heterocycles. The van der Waals surface area contributed by atoms with Crippen molar-refractivity contribution in [1.29, 1.82) is 0 Å². The molecule has 146 valence electrons. The highest BCUT2D eigenvalue weighted by atomic mass is 32.1. The van der Waals surface area contributed by atoms with Gasteiger partial charge in [-0.3, -0.25) is 14.4 Å². The molecule has 0 fully saturated rings. The zero-order valence-corrected chi connectivity index (χ0v) is 14.6. The van der Waals surface area contributed by atoms with Gasteiger partial charge in [0.15, 0.2) is 5.13 Å². The minimum atomic E-state index is -4.80. The van der Waals surface area contributed by atoms with Gasteiger partial charge in [-0.2, -0.15) is 0 Å². The average Bonchev–Trinajstić information content (AvgIpc) is 2.92. The molecule has 1 aromatic carbocycles. The van der Waals surface area contributed by atoms with E-state index in [0.29, 0.717) is 10.2 Å². The number of ether oxygens (including phenoxy) is 1. The van der Waals surface area contributed by atoms with Crippen molar-refractivity contribution in [3.8, 4) is 5.75 Å². The number of halogens is 3. The maximum absolute atomic E-state index is 12.2. The second kappa shape index (κ2) is 8.66. The van der Waals surface area contributed by atoms with Gasteiger partial charge in [-0.15, -0.1) is 13.2 Å². The molecule has 0 bridgehead atoms. The molecule has 12 heteroatoms. The standard InChI is InChI=1S/C15H15F3N4O4S/c16-15(17,18)26-8-4-5-9-10(6-8)27-14(21-9)22-13(25)7-20-12(24)3-1-2-11(19)23/h4-6H,1-3,7H2,(H2,19,23)(H,20,24)(H,21,22,25). The second-order valence-electron chi connectivity index (χ2n) is 5.34. The summed E-state index contributed by atoms with van der Waals surface area (Å²) >= 11 is 0.963. The van der Waals surface area contributed by atoms with E-state index in [1.807, 2.05) is 0 Å². The van der Waals surface area contributed by atoms with Crippen LogP contribution >= 0.6 is 11.3 Å². The van der Waals surface area contributed by atoms with Crippen molar-refractivity contribution in [1.82, 2.24) is 10.3 Å². The Kier molecular flexibility index (Phi) is 6.55. The van der Waals surface area contributed by atoms with Crippen LogP contribution in [0.25, 0.3) is 10.2 Å². The fourth-order valence-electron chi connectivity index (χ4n) is 2.01. The number of rotatable bonds is 8. The first-order chi connectivity index (χ1) is 12.6. The lowest BCUT2D eigenvalue weighted by Gasteiger charge is -2.07. The topological polar surface area (TPSA) is 123 Å². The van der Waals surface area contributed by atoms with Crippen molar-refractivity contribution in [2.45, 2.75) is 25.6 Å². The first kappa shape index (κ1) is 20.4. The van der Waals surface area contributed by atoms with Crippen LogP contribution in [0.5, 0.6) is 5.75 Å². The Morgan fingerprint density at radius 1 is 1.19 bits per heavy atom. The highest BCUT2D eigenvalue weighted by Crippen LogP contribution is 2.31. The normalized spacial score (nSPS) is 11.2. The summed E-state index contributed by atoms with van der Waals surface area (Å²) in [6, 6.07) is 3.62. The van der Waals surface area contributed by atoms with Gasteiger partial charge in [0.1, 0.15) is 5.75 Å². The van der Waals surface area contributed by atoms with Crippen LogP contribution in [0.3, 0.4) is 0 Å². The molecule has 0 saturated carbocycles. The van der Waals surface area contributed by atoms with E-state index in [2.05, 4.69) is 20.4 Å². The Labute approximate surface area is 154 Å². The Bertz CT molecular complexity index is 853. The fraction of sp³-hybridized carbons (Fsp3) is 0.333. The molecule has 0 atom stereocenters. The van der Waals surface area contributed by atoms with Gasteiger partial charge in [-0.05, 0) is 18.6 Å². The van der Waals surface area contributed by atoms with Gasteiger partial charge >= 0.3 is 6.36 Å². The number of aromatic nitrogens is 1. The van der Waals surface area contributed by atoms with Gasteiger partial charge in [0.05, 0.1) is 16.8 Å². The number of primary amides is 1. The first-order valence-corrected chi connectivity index (χ1v) is 8.45. The largest absolute Gasteiger partial charge is 0.573 e. The van der Waals surface area contributed by atoms with E-state index in [-0.39, 0.29) is 36.7 Å². The molecule has 0 aliphatic carbocycles. The summed E-state index contributed by atoms with van der Waals surface area (Å²) in [5.41, 5.74) is 5.34. The van der Waals surface area contributed by atoms with Crippen molar-refractivity contribution >= 4 is 44.4 Å². The Morgan fingerprint density at radius 3 is 2.59 bits per heavy atom.